The molecule has 1 aromatic heterocycles. The summed E-state index contributed by atoms with van der Waals surface area (Å²) in [7, 11) is 1.59. The van der Waals surface area contributed by atoms with Crippen molar-refractivity contribution in [2.24, 2.45) is 0 Å². The van der Waals surface area contributed by atoms with Gasteiger partial charge in [-0.05, 0) is 59.9 Å². The Balaban J connectivity index is 1.65. The van der Waals surface area contributed by atoms with E-state index in [1.165, 1.54) is 11.6 Å². The fourth-order valence-corrected chi connectivity index (χ4v) is 4.28. The summed E-state index contributed by atoms with van der Waals surface area (Å²) in [4.78, 5) is 26.9. The number of methoxy groups -OCH3 is 1. The van der Waals surface area contributed by atoms with E-state index in [1.54, 1.807) is 30.2 Å². The Hall–Kier alpha value is -3.32. The highest BCUT2D eigenvalue weighted by Crippen LogP contribution is 2.30. The molecule has 0 aliphatic carbocycles. The molecule has 2 heterocycles. The van der Waals surface area contributed by atoms with E-state index in [4.69, 9.17) is 13.9 Å². The van der Waals surface area contributed by atoms with E-state index in [2.05, 4.69) is 25.2 Å². The van der Waals surface area contributed by atoms with E-state index in [1.807, 2.05) is 13.0 Å². The standard InChI is InChI=1S/C26H30N2O5/c1-16(2)20-14-21-19(13-25(29)33-24(21)11-17(20)3)15-27-22-12-18(5-6-23(22)31-4)26(30)28-7-9-32-10-8-28/h5-6,11-14,16,27H,7-10,15H2,1-4H3. The van der Waals surface area contributed by atoms with Gasteiger partial charge in [0.05, 0.1) is 26.0 Å². The number of carbonyl (C=O) groups is 1. The minimum Gasteiger partial charge on any atom is -0.495 e. The summed E-state index contributed by atoms with van der Waals surface area (Å²) in [6.07, 6.45) is 0. The van der Waals surface area contributed by atoms with Crippen LogP contribution >= 0.6 is 0 Å². The molecule has 1 aliphatic heterocycles. The van der Waals surface area contributed by atoms with Crippen molar-refractivity contribution in [3.8, 4) is 5.75 Å². The third-order valence-electron chi connectivity index (χ3n) is 6.05. The zero-order valence-corrected chi connectivity index (χ0v) is 19.6. The van der Waals surface area contributed by atoms with Gasteiger partial charge in [0, 0.05) is 36.7 Å². The molecule has 174 valence electrons. The summed E-state index contributed by atoms with van der Waals surface area (Å²) in [6.45, 7) is 8.97. The second kappa shape index (κ2) is 9.67. The minimum atomic E-state index is -0.390. The molecule has 7 heteroatoms. The first-order chi connectivity index (χ1) is 15.9. The average Bonchev–Trinajstić information content (AvgIpc) is 2.81. The van der Waals surface area contributed by atoms with Crippen molar-refractivity contribution < 1.29 is 18.7 Å². The number of carbonyl (C=O) groups excluding carboxylic acids is 1. The summed E-state index contributed by atoms with van der Waals surface area (Å²) < 4.78 is 16.3. The molecule has 0 bridgehead atoms. The molecule has 3 aromatic rings. The molecule has 33 heavy (non-hydrogen) atoms. The van der Waals surface area contributed by atoms with Crippen molar-refractivity contribution in [1.82, 2.24) is 4.90 Å². The van der Waals surface area contributed by atoms with Crippen LogP contribution in [0.5, 0.6) is 5.75 Å². The predicted molar refractivity (Wildman–Crippen MR) is 128 cm³/mol. The largest absolute Gasteiger partial charge is 0.495 e. The molecule has 1 fully saturated rings. The van der Waals surface area contributed by atoms with Gasteiger partial charge in [-0.3, -0.25) is 4.79 Å². The van der Waals surface area contributed by atoms with Gasteiger partial charge in [-0.15, -0.1) is 0 Å². The summed E-state index contributed by atoms with van der Waals surface area (Å²) in [5, 5.41) is 4.26. The molecule has 0 radical (unpaired) electrons. The second-order valence-electron chi connectivity index (χ2n) is 8.62. The number of rotatable bonds is 6. The Morgan fingerprint density at radius 2 is 1.91 bits per heavy atom. The third-order valence-corrected chi connectivity index (χ3v) is 6.05. The lowest BCUT2D eigenvalue weighted by Crippen LogP contribution is -2.40. The Morgan fingerprint density at radius 1 is 1.15 bits per heavy atom. The smallest absolute Gasteiger partial charge is 0.336 e. The van der Waals surface area contributed by atoms with Gasteiger partial charge >= 0.3 is 5.63 Å². The number of morpholine rings is 1. The van der Waals surface area contributed by atoms with E-state index >= 15 is 0 Å². The number of hydrogen-bond donors (Lipinski definition) is 1. The quantitative estimate of drug-likeness (QED) is 0.564. The van der Waals surface area contributed by atoms with Crippen molar-refractivity contribution in [3.63, 3.8) is 0 Å². The number of anilines is 1. The maximum atomic E-state index is 12.9. The molecule has 1 aliphatic rings. The fourth-order valence-electron chi connectivity index (χ4n) is 4.28. The Labute approximate surface area is 193 Å². The van der Waals surface area contributed by atoms with Crippen molar-refractivity contribution in [1.29, 1.82) is 0 Å². The molecule has 4 rings (SSSR count). The van der Waals surface area contributed by atoms with Crippen LogP contribution in [-0.2, 0) is 11.3 Å². The predicted octanol–water partition coefficient (Wildman–Crippen LogP) is 4.32. The van der Waals surface area contributed by atoms with Gasteiger partial charge in [0.15, 0.2) is 0 Å². The lowest BCUT2D eigenvalue weighted by Gasteiger charge is -2.27. The summed E-state index contributed by atoms with van der Waals surface area (Å²) >= 11 is 0. The SMILES string of the molecule is COc1ccc(C(=O)N2CCOCC2)cc1NCc1cc(=O)oc2cc(C)c(C(C)C)cc12. The van der Waals surface area contributed by atoms with Gasteiger partial charge in [0.2, 0.25) is 0 Å². The van der Waals surface area contributed by atoms with Gasteiger partial charge in [0.25, 0.3) is 5.91 Å². The van der Waals surface area contributed by atoms with Crippen LogP contribution in [-0.4, -0.2) is 44.2 Å². The Kier molecular flexibility index (Phi) is 6.70. The van der Waals surface area contributed by atoms with E-state index in [9.17, 15) is 9.59 Å². The molecule has 2 aromatic carbocycles. The van der Waals surface area contributed by atoms with Crippen LogP contribution in [0, 0.1) is 6.92 Å². The van der Waals surface area contributed by atoms with Crippen molar-refractivity contribution in [3.05, 3.63) is 69.1 Å². The highest BCUT2D eigenvalue weighted by molar-refractivity contribution is 5.95. The Morgan fingerprint density at radius 3 is 2.61 bits per heavy atom. The van der Waals surface area contributed by atoms with Gasteiger partial charge < -0.3 is 24.1 Å². The van der Waals surface area contributed by atoms with Crippen LogP contribution in [0.2, 0.25) is 0 Å². The van der Waals surface area contributed by atoms with Gasteiger partial charge in [-0.25, -0.2) is 4.79 Å². The first kappa shape index (κ1) is 22.9. The average molecular weight is 451 g/mol. The molecular formula is C26H30N2O5. The third kappa shape index (κ3) is 4.88. The highest BCUT2D eigenvalue weighted by Gasteiger charge is 2.20. The van der Waals surface area contributed by atoms with E-state index in [0.29, 0.717) is 61.3 Å². The minimum absolute atomic E-state index is 0.0353. The van der Waals surface area contributed by atoms with Crippen LogP contribution in [0.1, 0.15) is 46.8 Å². The number of fused-ring (bicyclic) bond motifs is 1. The van der Waals surface area contributed by atoms with Crippen LogP contribution < -0.4 is 15.7 Å². The van der Waals surface area contributed by atoms with E-state index in [0.717, 1.165) is 16.5 Å². The topological polar surface area (TPSA) is 81.0 Å². The highest BCUT2D eigenvalue weighted by atomic mass is 16.5. The summed E-state index contributed by atoms with van der Waals surface area (Å²) in [5.41, 5.74) is 4.60. The molecule has 0 unspecified atom stereocenters. The number of benzene rings is 2. The molecule has 1 N–H and O–H groups in total. The number of ether oxygens (including phenoxy) is 2. The molecule has 1 saturated heterocycles. The maximum absolute atomic E-state index is 12.9. The fraction of sp³-hybridized carbons (Fsp3) is 0.385. The van der Waals surface area contributed by atoms with Crippen molar-refractivity contribution in [2.75, 3.05) is 38.7 Å². The van der Waals surface area contributed by atoms with E-state index < -0.39 is 0 Å². The monoisotopic (exact) mass is 450 g/mol. The van der Waals surface area contributed by atoms with Crippen molar-refractivity contribution in [2.45, 2.75) is 33.2 Å². The first-order valence-electron chi connectivity index (χ1n) is 11.2. The lowest BCUT2D eigenvalue weighted by molar-refractivity contribution is 0.0303. The normalized spacial score (nSPS) is 14.0. The zero-order chi connectivity index (χ0) is 23.5. The molecular weight excluding hydrogens is 420 g/mol. The first-order valence-corrected chi connectivity index (χ1v) is 11.2. The number of amides is 1. The zero-order valence-electron chi connectivity index (χ0n) is 19.6. The number of nitrogens with zero attached hydrogens (tertiary/aromatic N) is 1. The molecule has 7 nitrogen and oxygen atoms in total. The lowest BCUT2D eigenvalue weighted by atomic mass is 9.95. The Bertz CT molecular complexity index is 1230. The van der Waals surface area contributed by atoms with Gasteiger partial charge in [-0.2, -0.15) is 0 Å². The van der Waals surface area contributed by atoms with E-state index in [-0.39, 0.29) is 11.5 Å². The van der Waals surface area contributed by atoms with Crippen LogP contribution in [0.15, 0.2) is 45.6 Å². The summed E-state index contributed by atoms with van der Waals surface area (Å²) in [5.74, 6) is 0.941. The summed E-state index contributed by atoms with van der Waals surface area (Å²) in [6, 6.07) is 10.9. The second-order valence-corrected chi connectivity index (χ2v) is 8.62. The molecule has 0 atom stereocenters. The number of aryl methyl sites for hydroxylation is 1. The molecule has 0 spiro atoms. The van der Waals surface area contributed by atoms with Crippen LogP contribution in [0.25, 0.3) is 11.0 Å². The van der Waals surface area contributed by atoms with Crippen molar-refractivity contribution >= 4 is 22.6 Å². The van der Waals surface area contributed by atoms with Crippen LogP contribution in [0.4, 0.5) is 5.69 Å². The maximum Gasteiger partial charge on any atom is 0.336 e. The molecule has 0 saturated carbocycles. The number of hydrogen-bond acceptors (Lipinski definition) is 6. The molecule has 1 amide bonds. The van der Waals surface area contributed by atoms with Gasteiger partial charge in [0.1, 0.15) is 11.3 Å². The van der Waals surface area contributed by atoms with Crippen LogP contribution in [0.3, 0.4) is 0 Å². The van der Waals surface area contributed by atoms with Gasteiger partial charge in [-0.1, -0.05) is 13.8 Å². The number of nitrogens with one attached hydrogen (secondary N) is 1.